The lowest BCUT2D eigenvalue weighted by atomic mass is 10.1. The van der Waals surface area contributed by atoms with E-state index in [4.69, 9.17) is 10.5 Å². The molecule has 0 radical (unpaired) electrons. The number of amides is 1. The van der Waals surface area contributed by atoms with Crippen LogP contribution in [0.15, 0.2) is 18.2 Å². The molecule has 1 aromatic rings. The number of halogens is 1. The number of nitrogens with two attached hydrogens (primary N) is 1. The third-order valence-electron chi connectivity index (χ3n) is 2.55. The van der Waals surface area contributed by atoms with Gasteiger partial charge in [-0.25, -0.2) is 4.39 Å². The molecule has 1 unspecified atom stereocenters. The highest BCUT2D eigenvalue weighted by atomic mass is 19.1. The largest absolute Gasteiger partial charge is 0.497 e. The van der Waals surface area contributed by atoms with Crippen LogP contribution < -0.4 is 15.8 Å². The summed E-state index contributed by atoms with van der Waals surface area (Å²) >= 11 is 0. The Bertz CT molecular complexity index is 410. The van der Waals surface area contributed by atoms with Crippen LogP contribution >= 0.6 is 0 Å². The van der Waals surface area contributed by atoms with Crippen LogP contribution in [-0.2, 0) is 4.79 Å². The van der Waals surface area contributed by atoms with Crippen LogP contribution in [0.3, 0.4) is 0 Å². The number of benzene rings is 1. The summed E-state index contributed by atoms with van der Waals surface area (Å²) in [6, 6.07) is 4.00. The highest BCUT2D eigenvalue weighted by Gasteiger charge is 2.11. The molecule has 0 saturated heterocycles. The molecule has 1 atom stereocenters. The smallest absolute Gasteiger partial charge is 0.226 e. The minimum atomic E-state index is -0.492. The van der Waals surface area contributed by atoms with Crippen LogP contribution in [0, 0.1) is 5.82 Å². The summed E-state index contributed by atoms with van der Waals surface area (Å²) in [5.41, 5.74) is 5.87. The third kappa shape index (κ3) is 4.33. The predicted molar refractivity (Wildman–Crippen MR) is 69.1 cm³/mol. The topological polar surface area (TPSA) is 64.4 Å². The molecule has 0 aliphatic rings. The van der Waals surface area contributed by atoms with Gasteiger partial charge >= 0.3 is 0 Å². The van der Waals surface area contributed by atoms with Crippen molar-refractivity contribution in [3.05, 3.63) is 24.0 Å². The predicted octanol–water partition coefficient (Wildman–Crippen LogP) is 2.29. The molecule has 0 aliphatic carbocycles. The summed E-state index contributed by atoms with van der Waals surface area (Å²) in [5.74, 6) is -0.291. The molecule has 0 saturated carbocycles. The molecular formula is C13H19FN2O2. The highest BCUT2D eigenvalue weighted by molar-refractivity contribution is 5.91. The van der Waals surface area contributed by atoms with E-state index in [0.717, 1.165) is 12.8 Å². The second-order valence-corrected chi connectivity index (χ2v) is 4.15. The SMILES string of the molecule is CCCC(N)CC(=O)Nc1cc(OC)ccc1F. The maximum atomic E-state index is 13.5. The number of rotatable bonds is 6. The van der Waals surface area contributed by atoms with Crippen molar-refractivity contribution in [2.75, 3.05) is 12.4 Å². The molecular weight excluding hydrogens is 235 g/mol. The van der Waals surface area contributed by atoms with Crippen LogP contribution in [-0.4, -0.2) is 19.1 Å². The summed E-state index contributed by atoms with van der Waals surface area (Å²) in [6.07, 6.45) is 1.88. The molecule has 3 N–H and O–H groups in total. The summed E-state index contributed by atoms with van der Waals surface area (Å²) in [6.45, 7) is 2.00. The second-order valence-electron chi connectivity index (χ2n) is 4.15. The van der Waals surface area contributed by atoms with Gasteiger partial charge in [0.2, 0.25) is 5.91 Å². The van der Waals surface area contributed by atoms with Gasteiger partial charge in [0.1, 0.15) is 11.6 Å². The first-order valence-corrected chi connectivity index (χ1v) is 5.95. The van der Waals surface area contributed by atoms with Gasteiger partial charge in [0, 0.05) is 18.5 Å². The van der Waals surface area contributed by atoms with Crippen LogP contribution in [0.4, 0.5) is 10.1 Å². The van der Waals surface area contributed by atoms with E-state index in [2.05, 4.69) is 5.32 Å². The van der Waals surface area contributed by atoms with Crippen molar-refractivity contribution in [3.63, 3.8) is 0 Å². The zero-order chi connectivity index (χ0) is 13.5. The number of carbonyl (C=O) groups is 1. The van der Waals surface area contributed by atoms with E-state index in [1.807, 2.05) is 6.92 Å². The number of nitrogens with one attached hydrogen (secondary N) is 1. The first-order valence-electron chi connectivity index (χ1n) is 5.95. The van der Waals surface area contributed by atoms with E-state index < -0.39 is 5.82 Å². The molecule has 4 nitrogen and oxygen atoms in total. The number of anilines is 1. The summed E-state index contributed by atoms with van der Waals surface area (Å²) < 4.78 is 18.4. The van der Waals surface area contributed by atoms with E-state index in [1.54, 1.807) is 0 Å². The normalized spacial score (nSPS) is 12.0. The molecule has 0 bridgehead atoms. The number of hydrogen-bond donors (Lipinski definition) is 2. The molecule has 0 aliphatic heterocycles. The molecule has 5 heteroatoms. The summed E-state index contributed by atoms with van der Waals surface area (Å²) in [7, 11) is 1.48. The monoisotopic (exact) mass is 254 g/mol. The van der Waals surface area contributed by atoms with E-state index in [0.29, 0.717) is 5.75 Å². The van der Waals surface area contributed by atoms with Gasteiger partial charge in [-0.15, -0.1) is 0 Å². The lowest BCUT2D eigenvalue weighted by molar-refractivity contribution is -0.116. The Morgan fingerprint density at radius 1 is 1.56 bits per heavy atom. The molecule has 0 aromatic heterocycles. The van der Waals surface area contributed by atoms with Gasteiger partial charge in [0.15, 0.2) is 0 Å². The Balaban J connectivity index is 2.63. The van der Waals surface area contributed by atoms with Crippen LogP contribution in [0.2, 0.25) is 0 Å². The Morgan fingerprint density at radius 2 is 2.28 bits per heavy atom. The maximum Gasteiger partial charge on any atom is 0.226 e. The van der Waals surface area contributed by atoms with E-state index in [9.17, 15) is 9.18 Å². The fourth-order valence-corrected chi connectivity index (χ4v) is 1.64. The molecule has 1 rings (SSSR count). The van der Waals surface area contributed by atoms with Crippen molar-refractivity contribution in [1.82, 2.24) is 0 Å². The first-order chi connectivity index (χ1) is 8.56. The van der Waals surface area contributed by atoms with E-state index in [1.165, 1.54) is 25.3 Å². The molecule has 1 aromatic carbocycles. The van der Waals surface area contributed by atoms with Crippen molar-refractivity contribution in [2.45, 2.75) is 32.2 Å². The van der Waals surface area contributed by atoms with Crippen LogP contribution in [0.5, 0.6) is 5.75 Å². The molecule has 0 spiro atoms. The van der Waals surface area contributed by atoms with Gasteiger partial charge in [0.05, 0.1) is 12.8 Å². The van der Waals surface area contributed by atoms with E-state index in [-0.39, 0.29) is 24.1 Å². The fraction of sp³-hybridized carbons (Fsp3) is 0.462. The van der Waals surface area contributed by atoms with Gasteiger partial charge in [-0.3, -0.25) is 4.79 Å². The Morgan fingerprint density at radius 3 is 2.89 bits per heavy atom. The number of ether oxygens (including phenoxy) is 1. The van der Waals surface area contributed by atoms with Gasteiger partial charge < -0.3 is 15.8 Å². The molecule has 100 valence electrons. The minimum Gasteiger partial charge on any atom is -0.497 e. The average molecular weight is 254 g/mol. The minimum absolute atomic E-state index is 0.114. The van der Waals surface area contributed by atoms with Gasteiger partial charge in [-0.2, -0.15) is 0 Å². The Hall–Kier alpha value is -1.62. The Kier molecular flexibility index (Phi) is 5.58. The number of hydrogen-bond acceptors (Lipinski definition) is 3. The molecule has 1 amide bonds. The molecule has 0 fully saturated rings. The zero-order valence-corrected chi connectivity index (χ0v) is 10.7. The van der Waals surface area contributed by atoms with Crippen molar-refractivity contribution in [2.24, 2.45) is 5.73 Å². The van der Waals surface area contributed by atoms with Crippen molar-refractivity contribution >= 4 is 11.6 Å². The van der Waals surface area contributed by atoms with Crippen molar-refractivity contribution in [1.29, 1.82) is 0 Å². The van der Waals surface area contributed by atoms with E-state index >= 15 is 0 Å². The fourth-order valence-electron chi connectivity index (χ4n) is 1.64. The highest BCUT2D eigenvalue weighted by Crippen LogP contribution is 2.21. The summed E-state index contributed by atoms with van der Waals surface area (Å²) in [5, 5.41) is 2.50. The molecule has 0 heterocycles. The van der Waals surface area contributed by atoms with Crippen molar-refractivity contribution in [3.8, 4) is 5.75 Å². The maximum absolute atomic E-state index is 13.5. The number of carbonyl (C=O) groups excluding carboxylic acids is 1. The lowest BCUT2D eigenvalue weighted by Crippen LogP contribution is -2.27. The Labute approximate surface area is 106 Å². The lowest BCUT2D eigenvalue weighted by Gasteiger charge is -2.11. The number of methoxy groups -OCH3 is 1. The standard InChI is InChI=1S/C13H19FN2O2/c1-3-4-9(15)7-13(17)16-12-8-10(18-2)5-6-11(12)14/h5-6,8-9H,3-4,7,15H2,1-2H3,(H,16,17). The molecule has 18 heavy (non-hydrogen) atoms. The van der Waals surface area contributed by atoms with Gasteiger partial charge in [-0.1, -0.05) is 13.3 Å². The van der Waals surface area contributed by atoms with Crippen LogP contribution in [0.1, 0.15) is 26.2 Å². The summed E-state index contributed by atoms with van der Waals surface area (Å²) in [4.78, 5) is 11.7. The average Bonchev–Trinajstić information content (AvgIpc) is 2.32. The van der Waals surface area contributed by atoms with Crippen molar-refractivity contribution < 1.29 is 13.9 Å². The zero-order valence-electron chi connectivity index (χ0n) is 10.7. The van der Waals surface area contributed by atoms with Gasteiger partial charge in [0.25, 0.3) is 0 Å². The third-order valence-corrected chi connectivity index (χ3v) is 2.55. The van der Waals surface area contributed by atoms with Crippen LogP contribution in [0.25, 0.3) is 0 Å². The quantitative estimate of drug-likeness (QED) is 0.818. The second kappa shape index (κ2) is 6.96. The first kappa shape index (κ1) is 14.4. The van der Waals surface area contributed by atoms with Gasteiger partial charge in [-0.05, 0) is 18.6 Å².